The number of para-hydroxylation sites is 1. The number of rotatable bonds is 4. The van der Waals surface area contributed by atoms with Gasteiger partial charge in [0.25, 0.3) is 0 Å². The van der Waals surface area contributed by atoms with Crippen molar-refractivity contribution in [3.63, 3.8) is 0 Å². The molecule has 0 aliphatic rings. The molecule has 0 aliphatic carbocycles. The molecule has 0 saturated heterocycles. The molecule has 152 valence electrons. The van der Waals surface area contributed by atoms with Crippen molar-refractivity contribution in [3.05, 3.63) is 115 Å². The summed E-state index contributed by atoms with van der Waals surface area (Å²) in [5.41, 5.74) is 7.00. The predicted octanol–water partition coefficient (Wildman–Crippen LogP) is 6.70. The zero-order valence-electron chi connectivity index (χ0n) is 17.3. The molecule has 32 heavy (non-hydrogen) atoms. The molecule has 0 spiro atoms. The highest BCUT2D eigenvalue weighted by Crippen LogP contribution is 2.31. The second-order valence-corrected chi connectivity index (χ2v) is 7.75. The van der Waals surface area contributed by atoms with Crippen LogP contribution in [0.3, 0.4) is 0 Å². The van der Waals surface area contributed by atoms with Gasteiger partial charge in [-0.3, -0.25) is 15.0 Å². The van der Waals surface area contributed by atoms with Gasteiger partial charge in [0, 0.05) is 41.3 Å². The summed E-state index contributed by atoms with van der Waals surface area (Å²) in [5, 5.41) is 2.23. The average Bonchev–Trinajstić information content (AvgIpc) is 3.29. The maximum absolute atomic E-state index is 6.05. The molecule has 0 atom stereocenters. The molecule has 0 aliphatic heterocycles. The van der Waals surface area contributed by atoms with E-state index < -0.39 is 0 Å². The van der Waals surface area contributed by atoms with Gasteiger partial charge in [-0.15, -0.1) is 0 Å². The first-order chi connectivity index (χ1) is 15.8. The molecular weight excluding hydrogens is 394 g/mol. The molecule has 0 radical (unpaired) electrons. The van der Waals surface area contributed by atoms with Crippen LogP contribution in [0, 0.1) is 0 Å². The number of aromatic nitrogens is 3. The van der Waals surface area contributed by atoms with E-state index in [-0.39, 0.29) is 0 Å². The van der Waals surface area contributed by atoms with Gasteiger partial charge in [-0.2, -0.15) is 0 Å². The Morgan fingerprint density at radius 3 is 2.47 bits per heavy atom. The maximum Gasteiger partial charge on any atom is 0.135 e. The van der Waals surface area contributed by atoms with Crippen molar-refractivity contribution in [3.8, 4) is 22.7 Å². The van der Waals surface area contributed by atoms with Crippen molar-refractivity contribution in [2.24, 2.45) is 0 Å². The van der Waals surface area contributed by atoms with Crippen molar-refractivity contribution >= 4 is 21.9 Å². The Bertz CT molecular complexity index is 1520. The standard InChI is InChI=1S/C28H19N3O/c1-2-9-26-20(6-1)18-27(32-26)21-10-11-23-19(12-15-30-25(23)17-21)16-22-7-5-14-31-28(22)24-8-3-4-13-29-24/h1-15,17-18H,16H2. The van der Waals surface area contributed by atoms with Crippen molar-refractivity contribution < 1.29 is 4.42 Å². The van der Waals surface area contributed by atoms with Crippen LogP contribution in [0.4, 0.5) is 0 Å². The number of pyridine rings is 3. The lowest BCUT2D eigenvalue weighted by atomic mass is 9.98. The Hall–Kier alpha value is -4.31. The molecule has 0 N–H and O–H groups in total. The van der Waals surface area contributed by atoms with E-state index in [0.29, 0.717) is 0 Å². The second-order valence-electron chi connectivity index (χ2n) is 7.75. The summed E-state index contributed by atoms with van der Waals surface area (Å²) in [4.78, 5) is 13.7. The Morgan fingerprint density at radius 1 is 0.656 bits per heavy atom. The Morgan fingerprint density at radius 2 is 1.56 bits per heavy atom. The van der Waals surface area contributed by atoms with Gasteiger partial charge in [-0.1, -0.05) is 42.5 Å². The Kier molecular flexibility index (Phi) is 4.47. The van der Waals surface area contributed by atoms with E-state index in [1.165, 1.54) is 5.56 Å². The van der Waals surface area contributed by atoms with Gasteiger partial charge in [0.15, 0.2) is 0 Å². The predicted molar refractivity (Wildman–Crippen MR) is 127 cm³/mol. The van der Waals surface area contributed by atoms with E-state index >= 15 is 0 Å². The number of hydrogen-bond donors (Lipinski definition) is 0. The van der Waals surface area contributed by atoms with Gasteiger partial charge in [0.1, 0.15) is 11.3 Å². The molecule has 0 amide bonds. The fourth-order valence-electron chi connectivity index (χ4n) is 4.16. The van der Waals surface area contributed by atoms with Crippen LogP contribution < -0.4 is 0 Å². The van der Waals surface area contributed by atoms with Crippen LogP contribution in [-0.2, 0) is 6.42 Å². The minimum atomic E-state index is 0.753. The summed E-state index contributed by atoms with van der Waals surface area (Å²) < 4.78 is 6.05. The van der Waals surface area contributed by atoms with Crippen LogP contribution in [0.1, 0.15) is 11.1 Å². The summed E-state index contributed by atoms with van der Waals surface area (Å²) in [6.45, 7) is 0. The summed E-state index contributed by atoms with van der Waals surface area (Å²) in [6, 6.07) is 28.6. The fourth-order valence-corrected chi connectivity index (χ4v) is 4.16. The third kappa shape index (κ3) is 3.32. The second kappa shape index (κ2) is 7.75. The third-order valence-corrected chi connectivity index (χ3v) is 5.72. The van der Waals surface area contributed by atoms with Crippen LogP contribution in [0.15, 0.2) is 108 Å². The van der Waals surface area contributed by atoms with Crippen LogP contribution in [0.5, 0.6) is 0 Å². The number of furan rings is 1. The first kappa shape index (κ1) is 18.5. The zero-order chi connectivity index (χ0) is 21.3. The molecule has 4 heterocycles. The van der Waals surface area contributed by atoms with E-state index in [1.807, 2.05) is 54.9 Å². The van der Waals surface area contributed by atoms with Crippen LogP contribution in [0.25, 0.3) is 44.6 Å². The molecule has 6 rings (SSSR count). The largest absolute Gasteiger partial charge is 0.456 e. The number of nitrogens with zero attached hydrogens (tertiary/aromatic N) is 3. The molecule has 0 bridgehead atoms. The average molecular weight is 413 g/mol. The van der Waals surface area contributed by atoms with Gasteiger partial charge in [0.05, 0.1) is 16.9 Å². The molecule has 0 saturated carbocycles. The monoisotopic (exact) mass is 413 g/mol. The van der Waals surface area contributed by atoms with E-state index in [1.54, 1.807) is 6.20 Å². The van der Waals surface area contributed by atoms with Crippen molar-refractivity contribution in [2.45, 2.75) is 6.42 Å². The Balaban J connectivity index is 1.40. The number of fused-ring (bicyclic) bond motifs is 2. The lowest BCUT2D eigenvalue weighted by Gasteiger charge is -2.10. The first-order valence-electron chi connectivity index (χ1n) is 10.6. The van der Waals surface area contributed by atoms with Crippen LogP contribution in [0.2, 0.25) is 0 Å². The van der Waals surface area contributed by atoms with Gasteiger partial charge >= 0.3 is 0 Å². The lowest BCUT2D eigenvalue weighted by molar-refractivity contribution is 0.631. The molecule has 6 aromatic rings. The quantitative estimate of drug-likeness (QED) is 0.323. The summed E-state index contributed by atoms with van der Waals surface area (Å²) in [5.74, 6) is 0.852. The van der Waals surface area contributed by atoms with Crippen molar-refractivity contribution in [2.75, 3.05) is 0 Å². The summed E-state index contributed by atoms with van der Waals surface area (Å²) in [6.07, 6.45) is 6.24. The van der Waals surface area contributed by atoms with Gasteiger partial charge in [0.2, 0.25) is 0 Å². The van der Waals surface area contributed by atoms with Crippen LogP contribution >= 0.6 is 0 Å². The Labute approximate surface area is 185 Å². The minimum absolute atomic E-state index is 0.753. The highest BCUT2D eigenvalue weighted by atomic mass is 16.3. The summed E-state index contributed by atoms with van der Waals surface area (Å²) in [7, 11) is 0. The molecule has 2 aromatic carbocycles. The summed E-state index contributed by atoms with van der Waals surface area (Å²) >= 11 is 0. The van der Waals surface area contributed by atoms with E-state index in [9.17, 15) is 0 Å². The number of benzene rings is 2. The molecule has 4 aromatic heterocycles. The molecule has 0 fully saturated rings. The minimum Gasteiger partial charge on any atom is -0.456 e. The number of hydrogen-bond acceptors (Lipinski definition) is 4. The van der Waals surface area contributed by atoms with E-state index in [4.69, 9.17) is 4.42 Å². The van der Waals surface area contributed by atoms with E-state index in [0.717, 1.165) is 56.6 Å². The van der Waals surface area contributed by atoms with Crippen LogP contribution in [-0.4, -0.2) is 15.0 Å². The maximum atomic E-state index is 6.05. The first-order valence-corrected chi connectivity index (χ1v) is 10.6. The smallest absolute Gasteiger partial charge is 0.135 e. The van der Waals surface area contributed by atoms with Gasteiger partial charge in [-0.05, 0) is 53.6 Å². The van der Waals surface area contributed by atoms with Crippen molar-refractivity contribution in [1.29, 1.82) is 0 Å². The molecule has 4 nitrogen and oxygen atoms in total. The zero-order valence-corrected chi connectivity index (χ0v) is 17.3. The molecule has 4 heteroatoms. The SMILES string of the molecule is c1ccc(-c2ncccc2Cc2ccnc3cc(-c4cc5ccccc5o4)ccc23)nc1. The molecule has 0 unspecified atom stereocenters. The third-order valence-electron chi connectivity index (χ3n) is 5.72. The highest BCUT2D eigenvalue weighted by Gasteiger charge is 2.12. The lowest BCUT2D eigenvalue weighted by Crippen LogP contribution is -1.97. The van der Waals surface area contributed by atoms with E-state index in [2.05, 4.69) is 57.4 Å². The van der Waals surface area contributed by atoms with Gasteiger partial charge in [-0.25, -0.2) is 0 Å². The fraction of sp³-hybridized carbons (Fsp3) is 0.0357. The molecular formula is C28H19N3O. The highest BCUT2D eigenvalue weighted by molar-refractivity contribution is 5.89. The van der Waals surface area contributed by atoms with Gasteiger partial charge < -0.3 is 4.42 Å². The normalized spacial score (nSPS) is 11.2. The topological polar surface area (TPSA) is 51.8 Å². The van der Waals surface area contributed by atoms with Crippen molar-refractivity contribution in [1.82, 2.24) is 15.0 Å².